The van der Waals surface area contributed by atoms with Gasteiger partial charge in [0.15, 0.2) is 0 Å². The van der Waals surface area contributed by atoms with Gasteiger partial charge >= 0.3 is 0 Å². The van der Waals surface area contributed by atoms with Crippen LogP contribution in [0.2, 0.25) is 0 Å². The van der Waals surface area contributed by atoms with E-state index in [1.165, 1.54) is 17.0 Å². The maximum atomic E-state index is 13.3. The number of aryl methyl sites for hydroxylation is 1. The van der Waals surface area contributed by atoms with Gasteiger partial charge in [-0.05, 0) is 36.8 Å². The monoisotopic (exact) mass is 472 g/mol. The van der Waals surface area contributed by atoms with Crippen molar-refractivity contribution in [3.8, 4) is 34.2 Å². The van der Waals surface area contributed by atoms with Crippen molar-refractivity contribution in [3.05, 3.63) is 89.6 Å². The minimum atomic E-state index is -0.403. The van der Waals surface area contributed by atoms with E-state index in [4.69, 9.17) is 10.5 Å². The molecule has 180 valence electrons. The molecule has 8 heteroatoms. The van der Waals surface area contributed by atoms with E-state index < -0.39 is 5.91 Å². The standard InChI is InChI=1S/C27H28N4O4/c1-18-7-3-5-9-22(18)31-23(11-13-29-31)20-15-21(25(33)16-24(20)32)27(34)30(2)17-19-8-4-6-10-26(19)35-14-12-28/h3-11,13,15-16,32-33H,12,14,17,28H2,1-2H3. The predicted octanol–water partition coefficient (Wildman–Crippen LogP) is 3.87. The third-order valence-electron chi connectivity index (χ3n) is 5.71. The highest BCUT2D eigenvalue weighted by Gasteiger charge is 2.22. The Morgan fingerprint density at radius 3 is 2.57 bits per heavy atom. The lowest BCUT2D eigenvalue weighted by Crippen LogP contribution is -2.26. The number of nitrogens with two attached hydrogens (primary N) is 1. The lowest BCUT2D eigenvalue weighted by Gasteiger charge is -2.21. The SMILES string of the molecule is Cc1ccccc1-n1nccc1-c1cc(C(=O)N(C)Cc2ccccc2OCCN)c(O)cc1O. The molecule has 1 aromatic heterocycles. The average molecular weight is 473 g/mol. The van der Waals surface area contributed by atoms with Crippen LogP contribution in [0.5, 0.6) is 17.2 Å². The third-order valence-corrected chi connectivity index (χ3v) is 5.71. The van der Waals surface area contributed by atoms with Crippen molar-refractivity contribution in [2.45, 2.75) is 13.5 Å². The highest BCUT2D eigenvalue weighted by Crippen LogP contribution is 2.36. The summed E-state index contributed by atoms with van der Waals surface area (Å²) in [5.41, 5.74) is 9.25. The number of aromatic nitrogens is 2. The number of carbonyl (C=O) groups excluding carboxylic acids is 1. The molecule has 0 aliphatic carbocycles. The number of benzene rings is 3. The Balaban J connectivity index is 1.67. The first-order valence-corrected chi connectivity index (χ1v) is 11.2. The number of phenolic OH excluding ortho intramolecular Hbond substituents is 2. The molecule has 0 bridgehead atoms. The van der Waals surface area contributed by atoms with E-state index in [1.54, 1.807) is 24.0 Å². The van der Waals surface area contributed by atoms with Gasteiger partial charge in [-0.1, -0.05) is 36.4 Å². The Hall–Kier alpha value is -4.30. The van der Waals surface area contributed by atoms with Crippen molar-refractivity contribution in [2.75, 3.05) is 20.2 Å². The van der Waals surface area contributed by atoms with Gasteiger partial charge in [0, 0.05) is 37.3 Å². The second kappa shape index (κ2) is 10.3. The Morgan fingerprint density at radius 1 is 1.06 bits per heavy atom. The first kappa shape index (κ1) is 23.8. The van der Waals surface area contributed by atoms with Crippen LogP contribution in [0.3, 0.4) is 0 Å². The van der Waals surface area contributed by atoms with Gasteiger partial charge in [-0.2, -0.15) is 5.10 Å². The van der Waals surface area contributed by atoms with E-state index in [0.717, 1.165) is 16.8 Å². The van der Waals surface area contributed by atoms with Gasteiger partial charge in [0.2, 0.25) is 0 Å². The fourth-order valence-corrected chi connectivity index (χ4v) is 3.93. The van der Waals surface area contributed by atoms with Gasteiger partial charge in [0.1, 0.15) is 23.9 Å². The molecule has 0 atom stereocenters. The number of carbonyl (C=O) groups is 1. The molecule has 4 N–H and O–H groups in total. The smallest absolute Gasteiger partial charge is 0.257 e. The molecule has 0 spiro atoms. The summed E-state index contributed by atoms with van der Waals surface area (Å²) in [6.45, 7) is 2.98. The van der Waals surface area contributed by atoms with Crippen LogP contribution >= 0.6 is 0 Å². The number of hydrogen-bond donors (Lipinski definition) is 3. The Morgan fingerprint density at radius 2 is 1.80 bits per heavy atom. The fraction of sp³-hybridized carbons (Fsp3) is 0.185. The zero-order valence-electron chi connectivity index (χ0n) is 19.7. The van der Waals surface area contributed by atoms with Crippen molar-refractivity contribution in [3.63, 3.8) is 0 Å². The molecule has 0 saturated carbocycles. The summed E-state index contributed by atoms with van der Waals surface area (Å²) in [4.78, 5) is 14.8. The summed E-state index contributed by atoms with van der Waals surface area (Å²) in [6.07, 6.45) is 1.62. The van der Waals surface area contributed by atoms with E-state index in [2.05, 4.69) is 5.10 Å². The van der Waals surface area contributed by atoms with Gasteiger partial charge in [-0.15, -0.1) is 0 Å². The highest BCUT2D eigenvalue weighted by molar-refractivity contribution is 5.98. The number of ether oxygens (including phenoxy) is 1. The van der Waals surface area contributed by atoms with Crippen molar-refractivity contribution in [2.24, 2.45) is 5.73 Å². The predicted molar refractivity (Wildman–Crippen MR) is 134 cm³/mol. The van der Waals surface area contributed by atoms with Crippen molar-refractivity contribution >= 4 is 5.91 Å². The lowest BCUT2D eigenvalue weighted by atomic mass is 10.0. The first-order valence-electron chi connectivity index (χ1n) is 11.2. The second-order valence-corrected chi connectivity index (χ2v) is 8.21. The molecule has 0 radical (unpaired) electrons. The van der Waals surface area contributed by atoms with Crippen LogP contribution in [0.15, 0.2) is 72.9 Å². The van der Waals surface area contributed by atoms with Crippen LogP contribution in [-0.4, -0.2) is 51.0 Å². The summed E-state index contributed by atoms with van der Waals surface area (Å²) in [6, 6.07) is 19.6. The summed E-state index contributed by atoms with van der Waals surface area (Å²) in [7, 11) is 1.64. The molecule has 4 rings (SSSR count). The largest absolute Gasteiger partial charge is 0.507 e. The number of nitrogens with zero attached hydrogens (tertiary/aromatic N) is 3. The van der Waals surface area contributed by atoms with Crippen molar-refractivity contribution in [1.29, 1.82) is 0 Å². The molecule has 0 aliphatic heterocycles. The number of hydrogen-bond acceptors (Lipinski definition) is 6. The maximum Gasteiger partial charge on any atom is 0.257 e. The van der Waals surface area contributed by atoms with Gasteiger partial charge in [-0.3, -0.25) is 4.79 Å². The molecule has 4 aromatic rings. The van der Waals surface area contributed by atoms with E-state index in [-0.39, 0.29) is 23.6 Å². The molecule has 0 unspecified atom stereocenters. The molecule has 35 heavy (non-hydrogen) atoms. The quantitative estimate of drug-likeness (QED) is 0.359. The van der Waals surface area contributed by atoms with Crippen LogP contribution < -0.4 is 10.5 Å². The molecule has 8 nitrogen and oxygen atoms in total. The molecule has 1 heterocycles. The van der Waals surface area contributed by atoms with Crippen molar-refractivity contribution in [1.82, 2.24) is 14.7 Å². The molecule has 3 aromatic carbocycles. The fourth-order valence-electron chi connectivity index (χ4n) is 3.93. The van der Waals surface area contributed by atoms with Gasteiger partial charge in [0.05, 0.1) is 23.1 Å². The van der Waals surface area contributed by atoms with Crippen LogP contribution in [0.25, 0.3) is 16.9 Å². The number of aromatic hydroxyl groups is 2. The molecule has 1 amide bonds. The summed E-state index contributed by atoms with van der Waals surface area (Å²) >= 11 is 0. The zero-order valence-corrected chi connectivity index (χ0v) is 19.7. The number of phenols is 2. The van der Waals surface area contributed by atoms with Gasteiger partial charge < -0.3 is 25.6 Å². The molecule has 0 aliphatic rings. The summed E-state index contributed by atoms with van der Waals surface area (Å²) in [5.74, 6) is -0.218. The van der Waals surface area contributed by atoms with E-state index in [0.29, 0.717) is 30.2 Å². The minimum Gasteiger partial charge on any atom is -0.507 e. The van der Waals surface area contributed by atoms with E-state index in [9.17, 15) is 15.0 Å². The van der Waals surface area contributed by atoms with Crippen LogP contribution in [0.1, 0.15) is 21.5 Å². The zero-order chi connectivity index (χ0) is 24.9. The summed E-state index contributed by atoms with van der Waals surface area (Å²) < 4.78 is 7.39. The third kappa shape index (κ3) is 4.97. The highest BCUT2D eigenvalue weighted by atomic mass is 16.5. The Bertz CT molecular complexity index is 1350. The number of rotatable bonds is 8. The number of para-hydroxylation sites is 2. The van der Waals surface area contributed by atoms with Crippen molar-refractivity contribution < 1.29 is 19.7 Å². The Labute approximate surface area is 203 Å². The first-order chi connectivity index (χ1) is 16.9. The minimum absolute atomic E-state index is 0.0678. The van der Waals surface area contributed by atoms with Crippen LogP contribution in [-0.2, 0) is 6.54 Å². The molecular formula is C27H28N4O4. The molecular weight excluding hydrogens is 444 g/mol. The van der Waals surface area contributed by atoms with E-state index in [1.807, 2.05) is 55.5 Å². The lowest BCUT2D eigenvalue weighted by molar-refractivity contribution is 0.0781. The Kier molecular flexibility index (Phi) is 7.03. The topological polar surface area (TPSA) is 114 Å². The van der Waals surface area contributed by atoms with E-state index >= 15 is 0 Å². The maximum absolute atomic E-state index is 13.3. The van der Waals surface area contributed by atoms with Crippen LogP contribution in [0.4, 0.5) is 0 Å². The normalized spacial score (nSPS) is 10.8. The molecule has 0 saturated heterocycles. The summed E-state index contributed by atoms with van der Waals surface area (Å²) in [5, 5.41) is 25.6. The second-order valence-electron chi connectivity index (χ2n) is 8.21. The van der Waals surface area contributed by atoms with Gasteiger partial charge in [0.25, 0.3) is 5.91 Å². The average Bonchev–Trinajstić information content (AvgIpc) is 3.33. The molecule has 0 fully saturated rings. The number of amides is 1. The van der Waals surface area contributed by atoms with Crippen LogP contribution in [0, 0.1) is 6.92 Å². The van der Waals surface area contributed by atoms with Gasteiger partial charge in [-0.25, -0.2) is 4.68 Å².